The molecule has 0 saturated carbocycles. The van der Waals surface area contributed by atoms with E-state index in [4.69, 9.17) is 15.6 Å². The second-order valence-corrected chi connectivity index (χ2v) is 15.8. The third-order valence-corrected chi connectivity index (χ3v) is 11.4. The number of nitro benzene ring substituents is 1. The minimum absolute atomic E-state index is 0.0111. The van der Waals surface area contributed by atoms with E-state index in [-0.39, 0.29) is 43.3 Å². The molecule has 5 amide bonds. The number of benzene rings is 1. The molecule has 338 valence electrons. The van der Waals surface area contributed by atoms with Gasteiger partial charge in [-0.3, -0.25) is 43.8 Å². The molecule has 60 heavy (non-hydrogen) atoms. The van der Waals surface area contributed by atoms with Gasteiger partial charge in [-0.25, -0.2) is 13.2 Å². The molecule has 7 atom stereocenters. The maximum atomic E-state index is 13.0. The zero-order valence-corrected chi connectivity index (χ0v) is 34.7. The number of carbonyl (C=O) groups is 7. The Hall–Kier alpha value is -5.47. The number of para-hydroxylation sites is 1. The fourth-order valence-corrected chi connectivity index (χ4v) is 7.33. The highest BCUT2D eigenvalue weighted by atomic mass is 32.2. The van der Waals surface area contributed by atoms with Gasteiger partial charge in [-0.15, -0.1) is 0 Å². The number of carboxylic acid groups (broad SMARTS) is 2. The van der Waals surface area contributed by atoms with Gasteiger partial charge in [0.15, 0.2) is 4.90 Å². The van der Waals surface area contributed by atoms with Crippen LogP contribution >= 0.6 is 0 Å². The van der Waals surface area contributed by atoms with Gasteiger partial charge in [0.25, 0.3) is 15.7 Å². The Morgan fingerprint density at radius 3 is 2.13 bits per heavy atom. The molecular formula is C34H52F3N9O13S. The molecule has 2 heterocycles. The summed E-state index contributed by atoms with van der Waals surface area (Å²) in [6.07, 6.45) is -3.85. The predicted molar refractivity (Wildman–Crippen MR) is 204 cm³/mol. The molecule has 26 heteroatoms. The van der Waals surface area contributed by atoms with Gasteiger partial charge in [-0.05, 0) is 80.5 Å². The monoisotopic (exact) mass is 883 g/mol. The summed E-state index contributed by atoms with van der Waals surface area (Å²) in [5.74, 6) is -5.83. The summed E-state index contributed by atoms with van der Waals surface area (Å²) in [6.45, 7) is 9.61. The van der Waals surface area contributed by atoms with E-state index in [0.717, 1.165) is 25.5 Å². The number of rotatable bonds is 12. The highest BCUT2D eigenvalue weighted by molar-refractivity contribution is 7.89. The molecule has 3 rings (SSSR count). The van der Waals surface area contributed by atoms with Crippen LogP contribution in [0, 0.1) is 10.1 Å². The SMILES string of the molecule is C[C@@H](N)C(=O)N[C@H](C)C(=O)NCCCN([C@@H](C)C(=O)O)S(=O)(=O)c1ccccc1[N+](=O)[O-].C[C@@H]1NC(=O)C2(CCCN(C)[C@@H](C)C(=O)N[C@H]2C)NC1=O.O=C(O)C(F)(F)F. The van der Waals surface area contributed by atoms with Crippen molar-refractivity contribution in [2.24, 2.45) is 5.73 Å². The Balaban J connectivity index is 0.000000546. The summed E-state index contributed by atoms with van der Waals surface area (Å²) in [4.78, 5) is 92.4. The van der Waals surface area contributed by atoms with Gasteiger partial charge in [0, 0.05) is 19.2 Å². The molecule has 1 aromatic rings. The molecule has 0 bridgehead atoms. The van der Waals surface area contributed by atoms with Crippen molar-refractivity contribution < 1.29 is 70.3 Å². The van der Waals surface area contributed by atoms with Crippen LogP contribution in [-0.2, 0) is 43.6 Å². The van der Waals surface area contributed by atoms with Crippen LogP contribution in [0.2, 0.25) is 0 Å². The van der Waals surface area contributed by atoms with E-state index in [1.807, 2.05) is 18.9 Å². The lowest BCUT2D eigenvalue weighted by atomic mass is 9.82. The molecule has 1 unspecified atom stereocenters. The van der Waals surface area contributed by atoms with Crippen molar-refractivity contribution in [2.45, 2.75) is 114 Å². The van der Waals surface area contributed by atoms with Crippen molar-refractivity contribution in [1.29, 1.82) is 0 Å². The number of carboxylic acids is 2. The minimum Gasteiger partial charge on any atom is -0.480 e. The molecule has 0 radical (unpaired) electrons. The van der Waals surface area contributed by atoms with Gasteiger partial charge in [-0.2, -0.15) is 17.5 Å². The number of hydrogen-bond acceptors (Lipinski definition) is 13. The number of nitrogens with two attached hydrogens (primary N) is 1. The van der Waals surface area contributed by atoms with Crippen LogP contribution in [0.1, 0.15) is 60.8 Å². The number of halogens is 3. The lowest BCUT2D eigenvalue weighted by Crippen LogP contribution is -2.75. The maximum absolute atomic E-state index is 13.0. The number of nitrogens with one attached hydrogen (secondary N) is 5. The number of aliphatic carboxylic acids is 2. The van der Waals surface area contributed by atoms with Gasteiger partial charge < -0.3 is 42.5 Å². The Bertz CT molecular complexity index is 1870. The summed E-state index contributed by atoms with van der Waals surface area (Å²) >= 11 is 0. The summed E-state index contributed by atoms with van der Waals surface area (Å²) in [5.41, 5.74) is 3.67. The first-order chi connectivity index (χ1) is 27.5. The van der Waals surface area contributed by atoms with E-state index in [1.165, 1.54) is 26.0 Å². The van der Waals surface area contributed by atoms with Gasteiger partial charge in [0.05, 0.1) is 23.0 Å². The number of alkyl halides is 3. The predicted octanol–water partition coefficient (Wildman–Crippen LogP) is -0.971. The van der Waals surface area contributed by atoms with E-state index < -0.39 is 91.2 Å². The van der Waals surface area contributed by atoms with E-state index >= 15 is 0 Å². The topological polar surface area (TPSA) is 330 Å². The number of hydrogen-bond donors (Lipinski definition) is 8. The average molecular weight is 884 g/mol. The van der Waals surface area contributed by atoms with Crippen LogP contribution in [0.15, 0.2) is 29.2 Å². The lowest BCUT2D eigenvalue weighted by Gasteiger charge is -2.43. The smallest absolute Gasteiger partial charge is 0.480 e. The zero-order chi connectivity index (χ0) is 46.5. The van der Waals surface area contributed by atoms with Gasteiger partial charge in [-0.1, -0.05) is 12.1 Å². The fourth-order valence-electron chi connectivity index (χ4n) is 5.54. The van der Waals surface area contributed by atoms with Crippen LogP contribution in [0.3, 0.4) is 0 Å². The number of nitro groups is 1. The number of likely N-dealkylation sites (N-methyl/N-ethyl adjacent to an activating group) is 1. The molecule has 2 fully saturated rings. The minimum atomic E-state index is -5.08. The van der Waals surface area contributed by atoms with Crippen LogP contribution < -0.4 is 32.3 Å². The number of carbonyl (C=O) groups excluding carboxylic acids is 5. The largest absolute Gasteiger partial charge is 0.490 e. The van der Waals surface area contributed by atoms with Gasteiger partial charge >= 0.3 is 18.1 Å². The maximum Gasteiger partial charge on any atom is 0.490 e. The van der Waals surface area contributed by atoms with Crippen molar-refractivity contribution in [1.82, 2.24) is 35.8 Å². The lowest BCUT2D eigenvalue weighted by molar-refractivity contribution is -0.387. The van der Waals surface area contributed by atoms with Crippen LogP contribution in [0.4, 0.5) is 18.9 Å². The van der Waals surface area contributed by atoms with Crippen LogP contribution in [0.5, 0.6) is 0 Å². The second-order valence-electron chi connectivity index (χ2n) is 14.0. The average Bonchev–Trinajstić information content (AvgIpc) is 3.18. The summed E-state index contributed by atoms with van der Waals surface area (Å²) in [6, 6.07) is 0.153. The van der Waals surface area contributed by atoms with Crippen molar-refractivity contribution in [3.63, 3.8) is 0 Å². The number of nitrogens with zero attached hydrogens (tertiary/aromatic N) is 3. The number of sulfonamides is 1. The third-order valence-electron chi connectivity index (χ3n) is 9.41. The molecule has 22 nitrogen and oxygen atoms in total. The highest BCUT2D eigenvalue weighted by Gasteiger charge is 2.50. The van der Waals surface area contributed by atoms with Gasteiger partial charge in [0.2, 0.25) is 29.5 Å². The Kier molecular flexibility index (Phi) is 19.5. The van der Waals surface area contributed by atoms with Crippen LogP contribution in [0.25, 0.3) is 0 Å². The molecule has 2 saturated heterocycles. The molecule has 2 aliphatic rings. The Morgan fingerprint density at radius 1 is 1.05 bits per heavy atom. The Morgan fingerprint density at radius 2 is 1.62 bits per heavy atom. The molecular weight excluding hydrogens is 831 g/mol. The highest BCUT2D eigenvalue weighted by Crippen LogP contribution is 2.28. The van der Waals surface area contributed by atoms with Crippen molar-refractivity contribution in [3.05, 3.63) is 34.4 Å². The first kappa shape index (κ1) is 52.5. The normalized spacial score (nSPS) is 22.5. The van der Waals surface area contributed by atoms with Crippen LogP contribution in [-0.4, -0.2) is 149 Å². The Labute approximate surface area is 343 Å². The summed E-state index contributed by atoms with van der Waals surface area (Å²) in [7, 11) is -2.65. The first-order valence-electron chi connectivity index (χ1n) is 18.3. The molecule has 0 aromatic heterocycles. The summed E-state index contributed by atoms with van der Waals surface area (Å²) in [5, 5.41) is 41.0. The standard InChI is InChI=1S/C18H27N5O8S.C14H24N4O3.C2HF3O2/c1-11(19)16(24)21-12(2)17(25)20-9-6-10-22(13(3)18(26)27)32(30,31)15-8-5-4-7-14(15)23(28)29;1-8-11(19)17-14(13(21)15-8)6-5-7-18(4)9(2)12(20)16-10(14)3;3-2(4,5)1(6)7/h4-5,7-8,11-13H,6,9-10,19H2,1-3H3,(H,20,25)(H,21,24)(H,26,27);8-10H,5-7H2,1-4H3,(H,15,21)(H,16,20)(H,17,19);(H,6,7)/t11-,12-,13+;8-,9-,10-,14?;/m10./s1. The molecule has 0 aliphatic carbocycles. The zero-order valence-electron chi connectivity index (χ0n) is 33.9. The quantitative estimate of drug-likeness (QED) is 0.0711. The number of amides is 5. The third kappa shape index (κ3) is 14.4. The van der Waals surface area contributed by atoms with Crippen molar-refractivity contribution >= 4 is 57.2 Å². The second kappa shape index (κ2) is 22.2. The first-order valence-corrected chi connectivity index (χ1v) is 19.7. The van der Waals surface area contributed by atoms with E-state index in [1.54, 1.807) is 13.8 Å². The molecule has 1 spiro atoms. The molecule has 2 aliphatic heterocycles. The summed E-state index contributed by atoms with van der Waals surface area (Å²) < 4.78 is 58.4. The number of piperazine rings is 1. The van der Waals surface area contributed by atoms with E-state index in [0.29, 0.717) is 17.3 Å². The van der Waals surface area contributed by atoms with Crippen molar-refractivity contribution in [2.75, 3.05) is 26.7 Å². The van der Waals surface area contributed by atoms with Gasteiger partial charge in [0.1, 0.15) is 23.7 Å². The van der Waals surface area contributed by atoms with E-state index in [9.17, 15) is 65.6 Å². The molecule has 9 N–H and O–H groups in total. The van der Waals surface area contributed by atoms with E-state index in [2.05, 4.69) is 26.6 Å². The molecule has 1 aromatic carbocycles. The van der Waals surface area contributed by atoms with Crippen molar-refractivity contribution in [3.8, 4) is 0 Å². The fraction of sp³-hybridized carbons (Fsp3) is 0.618.